The Labute approximate surface area is 164 Å². The van der Waals surface area contributed by atoms with Crippen molar-refractivity contribution in [3.8, 4) is 6.07 Å². The van der Waals surface area contributed by atoms with Crippen LogP contribution in [0.2, 0.25) is 0 Å². The number of anilines is 2. The molecule has 0 amide bonds. The third-order valence-corrected chi connectivity index (χ3v) is 5.89. The number of nitrogens with zero attached hydrogens (tertiary/aromatic N) is 4. The maximum absolute atomic E-state index is 9.15. The van der Waals surface area contributed by atoms with E-state index in [1.165, 1.54) is 37.7 Å². The Hall–Kier alpha value is -3.20. The molecule has 6 nitrogen and oxygen atoms in total. The molecule has 1 saturated carbocycles. The molecule has 0 spiro atoms. The average molecular weight is 370 g/mol. The standard InChI is InChI=1S/C22H22N6/c23-9-14-6-7-17-18(13-25-20(17)8-14)19-12-24-10-15-11-26-22(28-21(15)19)27-16-4-2-1-3-5-16/h6-8,10-12,16,18,25H,1-5,13H2,(H,26,27,28). The second kappa shape index (κ2) is 7.08. The van der Waals surface area contributed by atoms with Crippen LogP contribution < -0.4 is 10.6 Å². The highest BCUT2D eigenvalue weighted by molar-refractivity contribution is 5.83. The molecule has 0 bridgehead atoms. The van der Waals surface area contributed by atoms with E-state index < -0.39 is 0 Å². The highest BCUT2D eigenvalue weighted by Crippen LogP contribution is 2.38. The summed E-state index contributed by atoms with van der Waals surface area (Å²) in [4.78, 5) is 13.8. The summed E-state index contributed by atoms with van der Waals surface area (Å²) >= 11 is 0. The first-order chi connectivity index (χ1) is 13.8. The molecule has 1 aliphatic heterocycles. The van der Waals surface area contributed by atoms with E-state index in [0.717, 1.165) is 28.7 Å². The molecule has 0 saturated heterocycles. The molecule has 3 heterocycles. The number of benzene rings is 1. The molecule has 28 heavy (non-hydrogen) atoms. The normalized spacial score (nSPS) is 19.0. The zero-order valence-electron chi connectivity index (χ0n) is 15.7. The van der Waals surface area contributed by atoms with Crippen LogP contribution in [0.5, 0.6) is 0 Å². The van der Waals surface area contributed by atoms with Gasteiger partial charge in [-0.2, -0.15) is 5.26 Å². The van der Waals surface area contributed by atoms with Gasteiger partial charge in [0.1, 0.15) is 0 Å². The fraction of sp³-hybridized carbons (Fsp3) is 0.364. The zero-order chi connectivity index (χ0) is 18.9. The summed E-state index contributed by atoms with van der Waals surface area (Å²) < 4.78 is 0. The van der Waals surface area contributed by atoms with Crippen LogP contribution in [0, 0.1) is 11.3 Å². The van der Waals surface area contributed by atoms with E-state index in [2.05, 4.69) is 26.7 Å². The van der Waals surface area contributed by atoms with Crippen molar-refractivity contribution >= 4 is 22.5 Å². The van der Waals surface area contributed by atoms with Crippen LogP contribution in [0.25, 0.3) is 10.9 Å². The second-order valence-corrected chi connectivity index (χ2v) is 7.69. The summed E-state index contributed by atoms with van der Waals surface area (Å²) in [5.74, 6) is 0.870. The molecule has 5 rings (SSSR count). The van der Waals surface area contributed by atoms with E-state index in [1.807, 2.05) is 36.8 Å². The van der Waals surface area contributed by atoms with Crippen molar-refractivity contribution in [3.63, 3.8) is 0 Å². The molecule has 1 unspecified atom stereocenters. The maximum atomic E-state index is 9.15. The summed E-state index contributed by atoms with van der Waals surface area (Å²) in [5, 5.41) is 17.1. The first-order valence-corrected chi connectivity index (χ1v) is 9.97. The monoisotopic (exact) mass is 370 g/mol. The number of rotatable bonds is 3. The van der Waals surface area contributed by atoms with Gasteiger partial charge in [-0.3, -0.25) is 4.98 Å². The van der Waals surface area contributed by atoms with Crippen molar-refractivity contribution in [1.29, 1.82) is 5.26 Å². The second-order valence-electron chi connectivity index (χ2n) is 7.69. The van der Waals surface area contributed by atoms with Gasteiger partial charge in [0.15, 0.2) is 0 Å². The summed E-state index contributed by atoms with van der Waals surface area (Å²) in [7, 11) is 0. The van der Waals surface area contributed by atoms with Crippen LogP contribution in [0.4, 0.5) is 11.6 Å². The van der Waals surface area contributed by atoms with Gasteiger partial charge < -0.3 is 10.6 Å². The van der Waals surface area contributed by atoms with Gasteiger partial charge in [0.25, 0.3) is 0 Å². The van der Waals surface area contributed by atoms with Crippen LogP contribution >= 0.6 is 0 Å². The molecule has 1 fully saturated rings. The topological polar surface area (TPSA) is 86.5 Å². The van der Waals surface area contributed by atoms with Gasteiger partial charge in [-0.15, -0.1) is 0 Å². The van der Waals surface area contributed by atoms with Crippen molar-refractivity contribution in [3.05, 3.63) is 53.5 Å². The van der Waals surface area contributed by atoms with Crippen LogP contribution in [0.3, 0.4) is 0 Å². The van der Waals surface area contributed by atoms with Gasteiger partial charge in [0.05, 0.1) is 17.1 Å². The van der Waals surface area contributed by atoms with Crippen molar-refractivity contribution in [2.75, 3.05) is 17.2 Å². The lowest BCUT2D eigenvalue weighted by atomic mass is 9.92. The van der Waals surface area contributed by atoms with Crippen molar-refractivity contribution < 1.29 is 0 Å². The fourth-order valence-corrected chi connectivity index (χ4v) is 4.41. The van der Waals surface area contributed by atoms with Gasteiger partial charge in [0, 0.05) is 53.7 Å². The third kappa shape index (κ3) is 3.03. The van der Waals surface area contributed by atoms with E-state index >= 15 is 0 Å². The number of hydrogen-bond acceptors (Lipinski definition) is 6. The summed E-state index contributed by atoms with van der Waals surface area (Å²) in [6.45, 7) is 0.778. The van der Waals surface area contributed by atoms with Crippen molar-refractivity contribution in [1.82, 2.24) is 15.0 Å². The minimum Gasteiger partial charge on any atom is -0.384 e. The molecule has 0 radical (unpaired) electrons. The molecular weight excluding hydrogens is 348 g/mol. The zero-order valence-corrected chi connectivity index (χ0v) is 15.7. The van der Waals surface area contributed by atoms with Gasteiger partial charge >= 0.3 is 0 Å². The van der Waals surface area contributed by atoms with Crippen LogP contribution in [0.1, 0.15) is 54.7 Å². The molecular formula is C22H22N6. The lowest BCUT2D eigenvalue weighted by Crippen LogP contribution is -2.23. The van der Waals surface area contributed by atoms with E-state index in [1.54, 1.807) is 0 Å². The summed E-state index contributed by atoms with van der Waals surface area (Å²) in [6.07, 6.45) is 11.9. The molecule has 1 aliphatic carbocycles. The van der Waals surface area contributed by atoms with Gasteiger partial charge in [-0.25, -0.2) is 9.97 Å². The largest absolute Gasteiger partial charge is 0.384 e. The lowest BCUT2D eigenvalue weighted by Gasteiger charge is -2.23. The molecule has 2 aliphatic rings. The Kier molecular flexibility index (Phi) is 4.28. The minimum absolute atomic E-state index is 0.163. The van der Waals surface area contributed by atoms with E-state index in [9.17, 15) is 0 Å². The number of nitriles is 1. The molecule has 2 N–H and O–H groups in total. The highest BCUT2D eigenvalue weighted by atomic mass is 15.1. The van der Waals surface area contributed by atoms with Crippen LogP contribution in [-0.2, 0) is 0 Å². The van der Waals surface area contributed by atoms with Gasteiger partial charge in [0.2, 0.25) is 5.95 Å². The number of nitrogens with one attached hydrogen (secondary N) is 2. The fourth-order valence-electron chi connectivity index (χ4n) is 4.41. The van der Waals surface area contributed by atoms with Gasteiger partial charge in [-0.1, -0.05) is 25.3 Å². The Morgan fingerprint density at radius 2 is 1.96 bits per heavy atom. The molecule has 6 heteroatoms. The predicted octanol–water partition coefficient (Wildman–Crippen LogP) is 4.20. The minimum atomic E-state index is 0.163. The third-order valence-electron chi connectivity index (χ3n) is 5.89. The quantitative estimate of drug-likeness (QED) is 0.719. The van der Waals surface area contributed by atoms with Crippen LogP contribution in [-0.4, -0.2) is 27.5 Å². The molecule has 1 atom stereocenters. The Balaban J connectivity index is 1.52. The smallest absolute Gasteiger partial charge is 0.223 e. The maximum Gasteiger partial charge on any atom is 0.223 e. The van der Waals surface area contributed by atoms with Crippen LogP contribution in [0.15, 0.2) is 36.8 Å². The Morgan fingerprint density at radius 1 is 1.07 bits per heavy atom. The Morgan fingerprint density at radius 3 is 2.82 bits per heavy atom. The Bertz CT molecular complexity index is 1060. The predicted molar refractivity (Wildman–Crippen MR) is 109 cm³/mol. The molecule has 3 aromatic rings. The van der Waals surface area contributed by atoms with Crippen molar-refractivity contribution in [2.24, 2.45) is 0 Å². The number of fused-ring (bicyclic) bond motifs is 2. The van der Waals surface area contributed by atoms with E-state index in [4.69, 9.17) is 10.2 Å². The SMILES string of the molecule is N#Cc1ccc2c(c1)NCC2c1cncc2cnc(NC3CCCCC3)nc12. The first-order valence-electron chi connectivity index (χ1n) is 9.97. The molecule has 140 valence electrons. The lowest BCUT2D eigenvalue weighted by molar-refractivity contribution is 0.461. The number of aromatic nitrogens is 3. The number of hydrogen-bond donors (Lipinski definition) is 2. The highest BCUT2D eigenvalue weighted by Gasteiger charge is 2.26. The molecule has 2 aromatic heterocycles. The molecule has 1 aromatic carbocycles. The first kappa shape index (κ1) is 16.9. The van der Waals surface area contributed by atoms with Crippen molar-refractivity contribution in [2.45, 2.75) is 44.1 Å². The average Bonchev–Trinajstić information content (AvgIpc) is 3.17. The summed E-state index contributed by atoms with van der Waals surface area (Å²) in [6, 6.07) is 8.51. The van der Waals surface area contributed by atoms with E-state index in [-0.39, 0.29) is 5.92 Å². The summed E-state index contributed by atoms with van der Waals surface area (Å²) in [5.41, 5.74) is 4.93. The number of pyridine rings is 1. The van der Waals surface area contributed by atoms with E-state index in [0.29, 0.717) is 17.6 Å². The van der Waals surface area contributed by atoms with Gasteiger partial charge in [-0.05, 0) is 30.5 Å².